The SMILES string of the molecule is CCNCCc1cn(CCOC(C)C)cn1. The summed E-state index contributed by atoms with van der Waals surface area (Å²) in [6, 6.07) is 0. The Morgan fingerprint density at radius 1 is 1.50 bits per heavy atom. The van der Waals surface area contributed by atoms with Crippen LogP contribution in [0.5, 0.6) is 0 Å². The van der Waals surface area contributed by atoms with Crippen LogP contribution in [0.3, 0.4) is 0 Å². The van der Waals surface area contributed by atoms with Crippen LogP contribution in [0, 0.1) is 0 Å². The molecule has 0 fully saturated rings. The molecule has 0 saturated carbocycles. The molecule has 0 aliphatic heterocycles. The maximum absolute atomic E-state index is 5.49. The van der Waals surface area contributed by atoms with E-state index in [4.69, 9.17) is 4.74 Å². The number of nitrogens with zero attached hydrogens (tertiary/aromatic N) is 2. The lowest BCUT2D eigenvalue weighted by atomic mass is 10.3. The Bertz CT molecular complexity index is 284. The van der Waals surface area contributed by atoms with Crippen LogP contribution in [-0.4, -0.2) is 35.4 Å². The normalized spacial score (nSPS) is 11.2. The lowest BCUT2D eigenvalue weighted by Crippen LogP contribution is -2.16. The standard InChI is InChI=1S/C12H23N3O/c1-4-13-6-5-12-9-15(10-14-12)7-8-16-11(2)3/h9-11,13H,4-8H2,1-3H3. The van der Waals surface area contributed by atoms with Crippen molar-refractivity contribution in [2.75, 3.05) is 19.7 Å². The van der Waals surface area contributed by atoms with Crippen molar-refractivity contribution in [2.45, 2.75) is 39.8 Å². The molecule has 1 aromatic rings. The molecule has 0 spiro atoms. The molecule has 4 nitrogen and oxygen atoms in total. The van der Waals surface area contributed by atoms with Crippen LogP contribution in [0.15, 0.2) is 12.5 Å². The van der Waals surface area contributed by atoms with Gasteiger partial charge in [0.15, 0.2) is 0 Å². The second-order valence-corrected chi connectivity index (χ2v) is 4.13. The minimum Gasteiger partial charge on any atom is -0.377 e. The molecule has 4 heteroatoms. The van der Waals surface area contributed by atoms with Crippen molar-refractivity contribution in [3.8, 4) is 0 Å². The Labute approximate surface area is 98.0 Å². The molecule has 92 valence electrons. The molecule has 0 aliphatic rings. The van der Waals surface area contributed by atoms with Gasteiger partial charge in [0.2, 0.25) is 0 Å². The molecule has 1 heterocycles. The summed E-state index contributed by atoms with van der Waals surface area (Å²) in [6.45, 7) is 9.86. The van der Waals surface area contributed by atoms with E-state index in [1.807, 2.05) is 6.33 Å². The van der Waals surface area contributed by atoms with Crippen molar-refractivity contribution in [2.24, 2.45) is 0 Å². The Hall–Kier alpha value is -0.870. The third-order valence-electron chi connectivity index (χ3n) is 2.30. The number of nitrogens with one attached hydrogen (secondary N) is 1. The highest BCUT2D eigenvalue weighted by atomic mass is 16.5. The first-order valence-corrected chi connectivity index (χ1v) is 6.05. The number of likely N-dealkylation sites (N-methyl/N-ethyl adjacent to an activating group) is 1. The molecule has 0 aliphatic carbocycles. The number of hydrogen-bond acceptors (Lipinski definition) is 3. The van der Waals surface area contributed by atoms with Crippen molar-refractivity contribution >= 4 is 0 Å². The first-order chi connectivity index (χ1) is 7.72. The van der Waals surface area contributed by atoms with Crippen LogP contribution < -0.4 is 5.32 Å². The fraction of sp³-hybridized carbons (Fsp3) is 0.750. The molecule has 16 heavy (non-hydrogen) atoms. The first kappa shape index (κ1) is 13.2. The van der Waals surface area contributed by atoms with Crippen LogP contribution in [0.2, 0.25) is 0 Å². The molecule has 0 bridgehead atoms. The quantitative estimate of drug-likeness (QED) is 0.681. The highest BCUT2D eigenvalue weighted by molar-refractivity contribution is 4.97. The highest BCUT2D eigenvalue weighted by Gasteiger charge is 1.99. The predicted octanol–water partition coefficient (Wildman–Crippen LogP) is 1.46. The molecular weight excluding hydrogens is 202 g/mol. The van der Waals surface area contributed by atoms with Gasteiger partial charge in [-0.2, -0.15) is 0 Å². The Morgan fingerprint density at radius 2 is 2.31 bits per heavy atom. The molecule has 0 radical (unpaired) electrons. The molecule has 0 atom stereocenters. The van der Waals surface area contributed by atoms with E-state index in [0.717, 1.165) is 38.4 Å². The van der Waals surface area contributed by atoms with Gasteiger partial charge in [0, 0.05) is 25.7 Å². The summed E-state index contributed by atoms with van der Waals surface area (Å²) in [5.41, 5.74) is 1.14. The zero-order chi connectivity index (χ0) is 11.8. The molecule has 1 rings (SSSR count). The van der Waals surface area contributed by atoms with Gasteiger partial charge in [0.25, 0.3) is 0 Å². The summed E-state index contributed by atoms with van der Waals surface area (Å²) < 4.78 is 7.58. The van der Waals surface area contributed by atoms with E-state index in [9.17, 15) is 0 Å². The fourth-order valence-corrected chi connectivity index (χ4v) is 1.44. The van der Waals surface area contributed by atoms with Gasteiger partial charge in [-0.05, 0) is 20.4 Å². The topological polar surface area (TPSA) is 39.1 Å². The van der Waals surface area contributed by atoms with E-state index in [1.165, 1.54) is 0 Å². The number of ether oxygens (including phenoxy) is 1. The van der Waals surface area contributed by atoms with Crippen molar-refractivity contribution in [3.63, 3.8) is 0 Å². The zero-order valence-electron chi connectivity index (χ0n) is 10.6. The second-order valence-electron chi connectivity index (χ2n) is 4.13. The number of rotatable bonds is 8. The number of hydrogen-bond donors (Lipinski definition) is 1. The predicted molar refractivity (Wildman–Crippen MR) is 65.6 cm³/mol. The summed E-state index contributed by atoms with van der Waals surface area (Å²) in [4.78, 5) is 4.35. The van der Waals surface area contributed by atoms with Crippen molar-refractivity contribution < 1.29 is 4.74 Å². The third kappa shape index (κ3) is 5.28. The average Bonchev–Trinajstić information content (AvgIpc) is 2.66. The van der Waals surface area contributed by atoms with E-state index in [2.05, 4.69) is 41.8 Å². The van der Waals surface area contributed by atoms with Gasteiger partial charge in [-0.3, -0.25) is 0 Å². The maximum Gasteiger partial charge on any atom is 0.0950 e. The van der Waals surface area contributed by atoms with Crippen molar-refractivity contribution in [1.29, 1.82) is 0 Å². The van der Waals surface area contributed by atoms with Crippen molar-refractivity contribution in [1.82, 2.24) is 14.9 Å². The third-order valence-corrected chi connectivity index (χ3v) is 2.30. The van der Waals surface area contributed by atoms with E-state index in [0.29, 0.717) is 6.10 Å². The van der Waals surface area contributed by atoms with Gasteiger partial charge in [-0.15, -0.1) is 0 Å². The average molecular weight is 225 g/mol. The molecule has 1 aromatic heterocycles. The lowest BCUT2D eigenvalue weighted by molar-refractivity contribution is 0.0727. The fourth-order valence-electron chi connectivity index (χ4n) is 1.44. The Morgan fingerprint density at radius 3 is 3.00 bits per heavy atom. The maximum atomic E-state index is 5.49. The van der Waals surface area contributed by atoms with Gasteiger partial charge in [-0.1, -0.05) is 6.92 Å². The largest absolute Gasteiger partial charge is 0.377 e. The van der Waals surface area contributed by atoms with E-state index < -0.39 is 0 Å². The minimum absolute atomic E-state index is 0.303. The van der Waals surface area contributed by atoms with Crippen LogP contribution in [0.1, 0.15) is 26.5 Å². The number of aromatic nitrogens is 2. The number of imidazole rings is 1. The van der Waals surface area contributed by atoms with Gasteiger partial charge in [-0.25, -0.2) is 4.98 Å². The molecule has 0 amide bonds. The van der Waals surface area contributed by atoms with Gasteiger partial charge < -0.3 is 14.6 Å². The van der Waals surface area contributed by atoms with Gasteiger partial charge >= 0.3 is 0 Å². The highest BCUT2D eigenvalue weighted by Crippen LogP contribution is 1.98. The Kier molecular flexibility index (Phi) is 6.11. The molecular formula is C12H23N3O. The van der Waals surface area contributed by atoms with Gasteiger partial charge in [0.05, 0.1) is 24.7 Å². The van der Waals surface area contributed by atoms with E-state index >= 15 is 0 Å². The summed E-state index contributed by atoms with van der Waals surface area (Å²) >= 11 is 0. The second kappa shape index (κ2) is 7.41. The van der Waals surface area contributed by atoms with E-state index in [-0.39, 0.29) is 0 Å². The van der Waals surface area contributed by atoms with Crippen LogP contribution >= 0.6 is 0 Å². The first-order valence-electron chi connectivity index (χ1n) is 6.05. The summed E-state index contributed by atoms with van der Waals surface area (Å²) in [7, 11) is 0. The minimum atomic E-state index is 0.303. The smallest absolute Gasteiger partial charge is 0.0950 e. The molecule has 0 aromatic carbocycles. The molecule has 1 N–H and O–H groups in total. The molecule has 0 unspecified atom stereocenters. The van der Waals surface area contributed by atoms with Crippen LogP contribution in [-0.2, 0) is 17.7 Å². The molecule has 0 saturated heterocycles. The van der Waals surface area contributed by atoms with Crippen molar-refractivity contribution in [3.05, 3.63) is 18.2 Å². The monoisotopic (exact) mass is 225 g/mol. The summed E-state index contributed by atoms with van der Waals surface area (Å²) in [6.07, 6.45) is 5.27. The Balaban J connectivity index is 2.22. The zero-order valence-corrected chi connectivity index (χ0v) is 10.6. The summed E-state index contributed by atoms with van der Waals surface area (Å²) in [5, 5.41) is 3.29. The van der Waals surface area contributed by atoms with Gasteiger partial charge in [0.1, 0.15) is 0 Å². The summed E-state index contributed by atoms with van der Waals surface area (Å²) in [5.74, 6) is 0. The van der Waals surface area contributed by atoms with Crippen LogP contribution in [0.25, 0.3) is 0 Å². The van der Waals surface area contributed by atoms with Crippen LogP contribution in [0.4, 0.5) is 0 Å². The lowest BCUT2D eigenvalue weighted by Gasteiger charge is -2.07. The van der Waals surface area contributed by atoms with E-state index in [1.54, 1.807) is 0 Å².